The fourth-order valence-corrected chi connectivity index (χ4v) is 3.38. The molecule has 24 heavy (non-hydrogen) atoms. The molecule has 1 aromatic carbocycles. The Morgan fingerprint density at radius 1 is 1.25 bits per heavy atom. The van der Waals surface area contributed by atoms with Crippen LogP contribution in [0.2, 0.25) is 0 Å². The van der Waals surface area contributed by atoms with E-state index in [2.05, 4.69) is 33.2 Å². The lowest BCUT2D eigenvalue weighted by Gasteiger charge is -2.38. The minimum atomic E-state index is 0.175. The van der Waals surface area contributed by atoms with Gasteiger partial charge >= 0.3 is 0 Å². The van der Waals surface area contributed by atoms with Gasteiger partial charge in [-0.2, -0.15) is 4.98 Å². The first-order chi connectivity index (χ1) is 11.7. The second-order valence-corrected chi connectivity index (χ2v) is 6.55. The summed E-state index contributed by atoms with van der Waals surface area (Å²) in [5.74, 6) is 1.43. The number of rotatable bonds is 5. The molecular weight excluding hydrogens is 304 g/mol. The van der Waals surface area contributed by atoms with Crippen molar-refractivity contribution in [1.82, 2.24) is 10.1 Å². The van der Waals surface area contributed by atoms with Crippen LogP contribution in [0.3, 0.4) is 0 Å². The minimum absolute atomic E-state index is 0.175. The fraction of sp³-hybridized carbons (Fsp3) is 0.500. The number of para-hydroxylation sites is 2. The first-order valence-electron chi connectivity index (χ1n) is 8.67. The van der Waals surface area contributed by atoms with Gasteiger partial charge in [-0.05, 0) is 38.3 Å². The van der Waals surface area contributed by atoms with Gasteiger partial charge in [0.25, 0.3) is 0 Å². The van der Waals surface area contributed by atoms with Gasteiger partial charge in [0.1, 0.15) is 0 Å². The molecule has 6 heteroatoms. The number of carbonyl (C=O) groups excluding carboxylic acids is 1. The van der Waals surface area contributed by atoms with Gasteiger partial charge in [-0.1, -0.05) is 17.3 Å². The standard InChI is InChI=1S/C18H22N4O2/c1-13-19-17(24-20-13)7-4-8-18(23)22-12-11-21(14-9-10-14)15-5-2-3-6-16(15)22/h2-3,5-6,14H,4,7-12H2,1H3. The molecule has 1 amide bonds. The van der Waals surface area contributed by atoms with Gasteiger partial charge in [0.15, 0.2) is 5.82 Å². The van der Waals surface area contributed by atoms with Crippen molar-refractivity contribution >= 4 is 17.3 Å². The molecule has 6 nitrogen and oxygen atoms in total. The maximum absolute atomic E-state index is 12.7. The number of aryl methyl sites for hydroxylation is 2. The topological polar surface area (TPSA) is 62.5 Å². The number of hydrogen-bond donors (Lipinski definition) is 0. The van der Waals surface area contributed by atoms with E-state index >= 15 is 0 Å². The first-order valence-corrected chi connectivity index (χ1v) is 8.67. The Kier molecular flexibility index (Phi) is 3.96. The summed E-state index contributed by atoms with van der Waals surface area (Å²) in [4.78, 5) is 21.3. The van der Waals surface area contributed by atoms with E-state index in [4.69, 9.17) is 4.52 Å². The molecule has 0 saturated heterocycles. The van der Waals surface area contributed by atoms with E-state index in [-0.39, 0.29) is 5.91 Å². The third-order valence-electron chi connectivity index (χ3n) is 4.69. The van der Waals surface area contributed by atoms with E-state index in [1.54, 1.807) is 6.92 Å². The highest BCUT2D eigenvalue weighted by atomic mass is 16.5. The molecule has 1 aliphatic heterocycles. The maximum Gasteiger partial charge on any atom is 0.227 e. The van der Waals surface area contributed by atoms with Crippen LogP contribution in [0.1, 0.15) is 37.4 Å². The second-order valence-electron chi connectivity index (χ2n) is 6.55. The van der Waals surface area contributed by atoms with Crippen molar-refractivity contribution in [1.29, 1.82) is 0 Å². The van der Waals surface area contributed by atoms with Gasteiger partial charge < -0.3 is 14.3 Å². The number of carbonyl (C=O) groups is 1. The molecule has 2 aliphatic rings. The van der Waals surface area contributed by atoms with Crippen molar-refractivity contribution in [2.75, 3.05) is 22.9 Å². The number of anilines is 2. The lowest BCUT2D eigenvalue weighted by Crippen LogP contribution is -2.45. The third-order valence-corrected chi connectivity index (χ3v) is 4.69. The predicted molar refractivity (Wildman–Crippen MR) is 91.1 cm³/mol. The molecule has 0 radical (unpaired) electrons. The molecule has 1 aromatic heterocycles. The summed E-state index contributed by atoms with van der Waals surface area (Å²) in [6.07, 6.45) is 4.42. The highest BCUT2D eigenvalue weighted by Crippen LogP contribution is 2.39. The molecule has 0 unspecified atom stereocenters. The van der Waals surface area contributed by atoms with Crippen LogP contribution in [0.15, 0.2) is 28.8 Å². The highest BCUT2D eigenvalue weighted by Gasteiger charge is 2.35. The van der Waals surface area contributed by atoms with E-state index in [1.165, 1.54) is 18.5 Å². The summed E-state index contributed by atoms with van der Waals surface area (Å²) < 4.78 is 5.10. The zero-order valence-corrected chi connectivity index (χ0v) is 13.9. The Hall–Kier alpha value is -2.37. The van der Waals surface area contributed by atoms with E-state index in [0.717, 1.165) is 25.2 Å². The smallest absolute Gasteiger partial charge is 0.227 e. The van der Waals surface area contributed by atoms with Crippen molar-refractivity contribution in [2.24, 2.45) is 0 Å². The molecule has 126 valence electrons. The van der Waals surface area contributed by atoms with Crippen LogP contribution in [-0.4, -0.2) is 35.2 Å². The van der Waals surface area contributed by atoms with Gasteiger partial charge in [-0.15, -0.1) is 0 Å². The van der Waals surface area contributed by atoms with Gasteiger partial charge in [0.05, 0.1) is 11.4 Å². The van der Waals surface area contributed by atoms with Crippen LogP contribution in [0, 0.1) is 6.92 Å². The molecule has 0 atom stereocenters. The SMILES string of the molecule is Cc1noc(CCCC(=O)N2CCN(C3CC3)c3ccccc32)n1. The predicted octanol–water partition coefficient (Wildman–Crippen LogP) is 2.72. The lowest BCUT2D eigenvalue weighted by atomic mass is 10.1. The van der Waals surface area contributed by atoms with Gasteiger partial charge in [0, 0.05) is 32.0 Å². The average Bonchev–Trinajstić information content (AvgIpc) is 3.36. The monoisotopic (exact) mass is 326 g/mol. The molecule has 0 bridgehead atoms. The number of amides is 1. The van der Waals surface area contributed by atoms with Crippen molar-refractivity contribution in [3.05, 3.63) is 36.0 Å². The van der Waals surface area contributed by atoms with E-state index in [9.17, 15) is 4.79 Å². The normalized spacial score (nSPS) is 17.0. The molecule has 0 N–H and O–H groups in total. The minimum Gasteiger partial charge on any atom is -0.365 e. The average molecular weight is 326 g/mol. The van der Waals surface area contributed by atoms with Crippen molar-refractivity contribution < 1.29 is 9.32 Å². The number of hydrogen-bond acceptors (Lipinski definition) is 5. The van der Waals surface area contributed by atoms with Crippen LogP contribution in [0.25, 0.3) is 0 Å². The highest BCUT2D eigenvalue weighted by molar-refractivity contribution is 5.98. The fourth-order valence-electron chi connectivity index (χ4n) is 3.38. The van der Waals surface area contributed by atoms with Crippen LogP contribution < -0.4 is 9.80 Å². The summed E-state index contributed by atoms with van der Waals surface area (Å²) >= 11 is 0. The molecule has 0 spiro atoms. The summed E-state index contributed by atoms with van der Waals surface area (Å²) in [7, 11) is 0. The van der Waals surface area contributed by atoms with Crippen LogP contribution >= 0.6 is 0 Å². The third kappa shape index (κ3) is 3.00. The molecule has 1 aliphatic carbocycles. The Balaban J connectivity index is 1.41. The Labute approximate surface area is 141 Å². The first kappa shape index (κ1) is 15.2. The summed E-state index contributed by atoms with van der Waals surface area (Å²) in [5, 5.41) is 3.78. The molecule has 1 saturated carbocycles. The molecule has 4 rings (SSSR count). The van der Waals surface area contributed by atoms with Crippen LogP contribution in [0.4, 0.5) is 11.4 Å². The lowest BCUT2D eigenvalue weighted by molar-refractivity contribution is -0.118. The quantitative estimate of drug-likeness (QED) is 0.845. The van der Waals surface area contributed by atoms with E-state index in [1.807, 2.05) is 11.0 Å². The second kappa shape index (κ2) is 6.26. The van der Waals surface area contributed by atoms with Crippen molar-refractivity contribution in [3.8, 4) is 0 Å². The van der Waals surface area contributed by atoms with Gasteiger partial charge in [-0.3, -0.25) is 4.79 Å². The zero-order valence-electron chi connectivity index (χ0n) is 13.9. The summed E-state index contributed by atoms with van der Waals surface area (Å²) in [6.45, 7) is 3.50. The number of nitrogens with zero attached hydrogens (tertiary/aromatic N) is 4. The maximum atomic E-state index is 12.7. The number of aromatic nitrogens is 2. The zero-order chi connectivity index (χ0) is 16.5. The number of benzene rings is 1. The van der Waals surface area contributed by atoms with E-state index < -0.39 is 0 Å². The largest absolute Gasteiger partial charge is 0.365 e. The Bertz CT molecular complexity index is 738. The van der Waals surface area contributed by atoms with Crippen LogP contribution in [-0.2, 0) is 11.2 Å². The number of fused-ring (bicyclic) bond motifs is 1. The molecule has 2 aromatic rings. The van der Waals surface area contributed by atoms with Gasteiger partial charge in [-0.25, -0.2) is 0 Å². The Morgan fingerprint density at radius 2 is 2.04 bits per heavy atom. The Morgan fingerprint density at radius 3 is 2.75 bits per heavy atom. The van der Waals surface area contributed by atoms with Crippen LogP contribution in [0.5, 0.6) is 0 Å². The van der Waals surface area contributed by atoms with Crippen molar-refractivity contribution in [2.45, 2.75) is 45.1 Å². The van der Waals surface area contributed by atoms with Gasteiger partial charge in [0.2, 0.25) is 11.8 Å². The molecular formula is C18H22N4O2. The molecule has 1 fully saturated rings. The molecule has 2 heterocycles. The van der Waals surface area contributed by atoms with E-state index in [0.29, 0.717) is 30.6 Å². The summed E-state index contributed by atoms with van der Waals surface area (Å²) in [5.41, 5.74) is 2.25. The summed E-state index contributed by atoms with van der Waals surface area (Å²) in [6, 6.07) is 8.93. The van der Waals surface area contributed by atoms with Crippen molar-refractivity contribution in [3.63, 3.8) is 0 Å².